The largest absolute Gasteiger partial charge is 0.463 e. The van der Waals surface area contributed by atoms with Crippen molar-refractivity contribution in [1.29, 1.82) is 0 Å². The molecule has 45 heavy (non-hydrogen) atoms. The Balaban J connectivity index is 2.18. The maximum absolute atomic E-state index is 13.7. The molecular weight excluding hydrogens is 605 g/mol. The lowest BCUT2D eigenvalue weighted by Crippen LogP contribution is -2.42. The summed E-state index contributed by atoms with van der Waals surface area (Å²) in [6.07, 6.45) is 4.72. The maximum atomic E-state index is 13.7. The lowest BCUT2D eigenvalue weighted by atomic mass is 9.76. The van der Waals surface area contributed by atoms with Crippen molar-refractivity contribution in [2.24, 2.45) is 5.41 Å². The average molecular weight is 659 g/mol. The molecule has 0 aromatic heterocycles. The van der Waals surface area contributed by atoms with Crippen molar-refractivity contribution < 1.29 is 31.9 Å². The molecular formula is C36H54O7SSi. The van der Waals surface area contributed by atoms with Gasteiger partial charge >= 0.3 is 11.9 Å². The van der Waals surface area contributed by atoms with Crippen LogP contribution in [0.15, 0.2) is 60.7 Å². The van der Waals surface area contributed by atoms with Gasteiger partial charge in [-0.15, -0.1) is 0 Å². The number of rotatable bonds is 17. The first-order valence-corrected chi connectivity index (χ1v) is 20.5. The van der Waals surface area contributed by atoms with E-state index in [9.17, 15) is 18.0 Å². The van der Waals surface area contributed by atoms with Crippen molar-refractivity contribution in [3.63, 3.8) is 0 Å². The van der Waals surface area contributed by atoms with Crippen molar-refractivity contribution >= 4 is 36.2 Å². The molecule has 0 heterocycles. The molecule has 0 aliphatic heterocycles. The zero-order valence-electron chi connectivity index (χ0n) is 28.8. The van der Waals surface area contributed by atoms with Gasteiger partial charge in [-0.2, -0.15) is 0 Å². The van der Waals surface area contributed by atoms with E-state index in [0.717, 1.165) is 16.7 Å². The minimum Gasteiger partial charge on any atom is -0.463 e. The molecule has 1 atom stereocenters. The van der Waals surface area contributed by atoms with Crippen LogP contribution in [-0.2, 0) is 45.3 Å². The van der Waals surface area contributed by atoms with Crippen molar-refractivity contribution in [1.82, 2.24) is 0 Å². The zero-order valence-corrected chi connectivity index (χ0v) is 30.6. The van der Waals surface area contributed by atoms with Gasteiger partial charge in [-0.05, 0) is 73.0 Å². The molecule has 0 saturated heterocycles. The van der Waals surface area contributed by atoms with Crippen LogP contribution >= 0.6 is 0 Å². The van der Waals surface area contributed by atoms with E-state index in [1.807, 2.05) is 75.4 Å². The second kappa shape index (κ2) is 16.2. The normalized spacial score (nSPS) is 14.2. The number of hydrogen-bond acceptors (Lipinski definition) is 7. The number of carbonyl (C=O) groups excluding carboxylic acids is 2. The Hall–Kier alpha value is -2.75. The van der Waals surface area contributed by atoms with Crippen molar-refractivity contribution in [2.75, 3.05) is 24.7 Å². The van der Waals surface area contributed by atoms with Crippen molar-refractivity contribution in [3.8, 4) is 0 Å². The standard InChI is InChI=1S/C36H54O7SSi/c1-10-41-32(37)21-20-29-18-14-19-31(26-29)36(7,33(38)42-27-30-16-12-11-13-17-30)23-15-22-35(5,6)28-44(39,40)25-24-43-45(8,9)34(2,3)4/h11-14,16-21,26H,10,15,22-25,27-28H2,1-9H3/b21-20+/t36-/m1/s1. The molecule has 0 radical (unpaired) electrons. The first-order chi connectivity index (χ1) is 20.8. The third-order valence-corrected chi connectivity index (χ3v) is 15.2. The van der Waals surface area contributed by atoms with Gasteiger partial charge in [0.2, 0.25) is 0 Å². The minimum absolute atomic E-state index is 0.00141. The Morgan fingerprint density at radius 3 is 2.18 bits per heavy atom. The molecule has 0 N–H and O–H groups in total. The van der Waals surface area contributed by atoms with Crippen molar-refractivity contribution in [2.45, 2.75) is 97.9 Å². The van der Waals surface area contributed by atoms with Gasteiger partial charge in [-0.3, -0.25) is 4.79 Å². The number of sulfone groups is 1. The van der Waals surface area contributed by atoms with Gasteiger partial charge in [0.1, 0.15) is 6.61 Å². The fourth-order valence-electron chi connectivity index (χ4n) is 4.89. The van der Waals surface area contributed by atoms with Crippen molar-refractivity contribution in [3.05, 3.63) is 77.4 Å². The third kappa shape index (κ3) is 12.5. The summed E-state index contributed by atoms with van der Waals surface area (Å²) in [5.41, 5.74) is 0.931. The first kappa shape index (κ1) is 38.4. The summed E-state index contributed by atoms with van der Waals surface area (Å²) in [6, 6.07) is 17.0. The molecule has 0 spiro atoms. The Labute approximate surface area is 272 Å². The summed E-state index contributed by atoms with van der Waals surface area (Å²) < 4.78 is 43.2. The quantitative estimate of drug-likeness (QED) is 0.0969. The van der Waals surface area contributed by atoms with Crippen LogP contribution in [0.5, 0.6) is 0 Å². The number of benzene rings is 2. The summed E-state index contributed by atoms with van der Waals surface area (Å²) in [7, 11) is -5.38. The molecule has 2 rings (SSSR count). The Kier molecular flexibility index (Phi) is 13.8. The molecule has 0 amide bonds. The van der Waals surface area contributed by atoms with E-state index in [0.29, 0.717) is 19.3 Å². The summed E-state index contributed by atoms with van der Waals surface area (Å²) in [5.74, 6) is -0.745. The van der Waals surface area contributed by atoms with Gasteiger partial charge in [0.05, 0.1) is 23.5 Å². The predicted octanol–water partition coefficient (Wildman–Crippen LogP) is 7.90. The minimum atomic E-state index is -3.34. The van der Waals surface area contributed by atoms with E-state index >= 15 is 0 Å². The SMILES string of the molecule is CCOC(=O)/C=C/c1cccc([C@@](C)(CCCC(C)(C)CS(=O)(=O)CCO[Si](C)(C)C(C)(C)C)C(=O)OCc2ccccc2)c1. The summed E-state index contributed by atoms with van der Waals surface area (Å²) in [6.45, 7) is 18.9. The zero-order chi connectivity index (χ0) is 33.9. The molecule has 0 bridgehead atoms. The molecule has 0 saturated carbocycles. The van der Waals surface area contributed by atoms with E-state index in [-0.39, 0.29) is 42.3 Å². The number of hydrogen-bond donors (Lipinski definition) is 0. The van der Waals surface area contributed by atoms with Crippen LogP contribution in [0.1, 0.15) is 84.4 Å². The summed E-state index contributed by atoms with van der Waals surface area (Å²) in [4.78, 5) is 25.6. The number of esters is 2. The second-order valence-corrected chi connectivity index (χ2v) is 21.3. The monoisotopic (exact) mass is 658 g/mol. The van der Waals surface area contributed by atoms with Gasteiger partial charge < -0.3 is 13.9 Å². The maximum Gasteiger partial charge on any atom is 0.330 e. The van der Waals surface area contributed by atoms with Crippen LogP contribution < -0.4 is 0 Å². The fourth-order valence-corrected chi connectivity index (χ4v) is 7.90. The molecule has 7 nitrogen and oxygen atoms in total. The molecule has 9 heteroatoms. The van der Waals surface area contributed by atoms with Gasteiger partial charge in [0, 0.05) is 12.7 Å². The molecule has 0 fully saturated rings. The molecule has 250 valence electrons. The van der Waals surface area contributed by atoms with Gasteiger partial charge in [-0.25, -0.2) is 13.2 Å². The van der Waals surface area contributed by atoms with E-state index in [2.05, 4.69) is 33.9 Å². The smallest absolute Gasteiger partial charge is 0.330 e. The van der Waals surface area contributed by atoms with Gasteiger partial charge in [0.25, 0.3) is 0 Å². The molecule has 2 aromatic rings. The van der Waals surface area contributed by atoms with Crippen LogP contribution in [0.25, 0.3) is 6.08 Å². The van der Waals surface area contributed by atoms with Gasteiger partial charge in [0.15, 0.2) is 18.2 Å². The van der Waals surface area contributed by atoms with Crippen LogP contribution in [-0.4, -0.2) is 53.4 Å². The molecule has 0 aliphatic rings. The second-order valence-electron chi connectivity index (χ2n) is 14.3. The van der Waals surface area contributed by atoms with Crippen LogP contribution in [0, 0.1) is 5.41 Å². The Morgan fingerprint density at radius 2 is 1.56 bits per heavy atom. The van der Waals surface area contributed by atoms with Gasteiger partial charge in [-0.1, -0.05) is 95.6 Å². The number of ether oxygens (including phenoxy) is 2. The molecule has 0 unspecified atom stereocenters. The molecule has 2 aromatic carbocycles. The van der Waals surface area contributed by atoms with E-state index < -0.39 is 35.0 Å². The summed E-state index contributed by atoms with van der Waals surface area (Å²) >= 11 is 0. The highest BCUT2D eigenvalue weighted by Gasteiger charge is 2.39. The third-order valence-electron chi connectivity index (χ3n) is 8.69. The number of carbonyl (C=O) groups is 2. The Morgan fingerprint density at radius 1 is 0.889 bits per heavy atom. The van der Waals surface area contributed by atoms with Crippen LogP contribution in [0.4, 0.5) is 0 Å². The fraction of sp³-hybridized carbons (Fsp3) is 0.556. The highest BCUT2D eigenvalue weighted by Crippen LogP contribution is 2.37. The van der Waals surface area contributed by atoms with E-state index in [1.165, 1.54) is 6.08 Å². The highest BCUT2D eigenvalue weighted by atomic mass is 32.2. The summed E-state index contributed by atoms with van der Waals surface area (Å²) in [5, 5.41) is 0.0155. The van der Waals surface area contributed by atoms with Crippen LogP contribution in [0.3, 0.4) is 0 Å². The average Bonchev–Trinajstić information content (AvgIpc) is 2.94. The lowest BCUT2D eigenvalue weighted by molar-refractivity contribution is -0.152. The lowest BCUT2D eigenvalue weighted by Gasteiger charge is -2.36. The van der Waals surface area contributed by atoms with E-state index in [4.69, 9.17) is 13.9 Å². The predicted molar refractivity (Wildman–Crippen MR) is 185 cm³/mol. The Bertz CT molecular complexity index is 1390. The van der Waals surface area contributed by atoms with E-state index in [1.54, 1.807) is 13.0 Å². The molecule has 0 aliphatic carbocycles. The first-order valence-electron chi connectivity index (χ1n) is 15.8. The van der Waals surface area contributed by atoms with Crippen LogP contribution in [0.2, 0.25) is 18.1 Å². The highest BCUT2D eigenvalue weighted by molar-refractivity contribution is 7.91. The topological polar surface area (TPSA) is 96.0 Å².